The van der Waals surface area contributed by atoms with Crippen LogP contribution in [-0.4, -0.2) is 24.3 Å². The number of aromatic hydroxyl groups is 1. The molecule has 0 saturated carbocycles. The zero-order valence-electron chi connectivity index (χ0n) is 13.2. The molecule has 4 heteroatoms. The van der Waals surface area contributed by atoms with Gasteiger partial charge in [0.25, 0.3) is 0 Å². The predicted octanol–water partition coefficient (Wildman–Crippen LogP) is 4.62. The van der Waals surface area contributed by atoms with Gasteiger partial charge >= 0.3 is 0 Å². The fourth-order valence-corrected chi connectivity index (χ4v) is 3.98. The van der Waals surface area contributed by atoms with Crippen molar-refractivity contribution in [1.29, 1.82) is 0 Å². The lowest BCUT2D eigenvalue weighted by atomic mass is 9.93. The summed E-state index contributed by atoms with van der Waals surface area (Å²) in [6.07, 6.45) is 2.29. The van der Waals surface area contributed by atoms with Crippen LogP contribution < -0.4 is 9.64 Å². The number of rotatable bonds is 6. The molecule has 3 rings (SSSR count). The number of thiophene rings is 1. The van der Waals surface area contributed by atoms with E-state index in [4.69, 9.17) is 4.74 Å². The first-order valence-corrected chi connectivity index (χ1v) is 8.89. The highest BCUT2D eigenvalue weighted by atomic mass is 32.1. The first kappa shape index (κ1) is 15.2. The van der Waals surface area contributed by atoms with Crippen LogP contribution in [0.15, 0.2) is 35.7 Å². The summed E-state index contributed by atoms with van der Waals surface area (Å²) in [6.45, 7) is 6.35. The highest BCUT2D eigenvalue weighted by Crippen LogP contribution is 2.42. The molecule has 2 atom stereocenters. The zero-order valence-corrected chi connectivity index (χ0v) is 14.0. The number of nitrogens with zero attached hydrogens (tertiary/aromatic N) is 1. The van der Waals surface area contributed by atoms with E-state index in [1.807, 2.05) is 12.1 Å². The maximum atomic E-state index is 9.83. The Morgan fingerprint density at radius 2 is 2.14 bits per heavy atom. The number of benzene rings is 1. The molecule has 1 aromatic heterocycles. The smallest absolute Gasteiger partial charge is 0.123 e. The van der Waals surface area contributed by atoms with E-state index < -0.39 is 0 Å². The Bertz CT molecular complexity index is 612. The minimum atomic E-state index is 0.191. The Balaban J connectivity index is 1.87. The van der Waals surface area contributed by atoms with Gasteiger partial charge in [-0.25, -0.2) is 0 Å². The predicted molar refractivity (Wildman–Crippen MR) is 92.4 cm³/mol. The summed E-state index contributed by atoms with van der Waals surface area (Å²) in [7, 11) is 0. The van der Waals surface area contributed by atoms with E-state index in [-0.39, 0.29) is 6.10 Å². The molecule has 1 N–H and O–H groups in total. The molecule has 1 aliphatic rings. The molecule has 0 saturated heterocycles. The second-order valence-corrected chi connectivity index (χ2v) is 6.72. The molecule has 0 spiro atoms. The van der Waals surface area contributed by atoms with Gasteiger partial charge in [-0.15, -0.1) is 11.3 Å². The van der Waals surface area contributed by atoms with Crippen LogP contribution in [0.25, 0.3) is 0 Å². The lowest BCUT2D eigenvalue weighted by Gasteiger charge is -2.28. The molecule has 118 valence electrons. The third-order valence-electron chi connectivity index (χ3n) is 4.25. The molecule has 2 heterocycles. The van der Waals surface area contributed by atoms with E-state index in [1.54, 1.807) is 17.4 Å². The van der Waals surface area contributed by atoms with Crippen molar-refractivity contribution < 1.29 is 9.84 Å². The third-order valence-corrected chi connectivity index (χ3v) is 5.18. The summed E-state index contributed by atoms with van der Waals surface area (Å²) in [5, 5.41) is 13.3. The Morgan fingerprint density at radius 3 is 2.82 bits per heavy atom. The van der Waals surface area contributed by atoms with Crippen LogP contribution in [0.4, 0.5) is 5.00 Å². The van der Waals surface area contributed by atoms with Gasteiger partial charge in [0.15, 0.2) is 0 Å². The van der Waals surface area contributed by atoms with E-state index in [2.05, 4.69) is 36.3 Å². The Hall–Kier alpha value is -1.68. The van der Waals surface area contributed by atoms with Crippen LogP contribution in [0, 0.1) is 0 Å². The molecule has 0 aliphatic carbocycles. The highest BCUT2D eigenvalue weighted by Gasteiger charge is 2.34. The quantitative estimate of drug-likeness (QED) is 0.843. The number of phenols is 1. The van der Waals surface area contributed by atoms with Crippen LogP contribution in [-0.2, 0) is 0 Å². The molecule has 1 aromatic carbocycles. The van der Waals surface area contributed by atoms with Gasteiger partial charge in [0.1, 0.15) is 17.6 Å². The molecule has 3 nitrogen and oxygen atoms in total. The molecule has 0 amide bonds. The molecule has 2 unspecified atom stereocenters. The highest BCUT2D eigenvalue weighted by molar-refractivity contribution is 7.14. The van der Waals surface area contributed by atoms with Gasteiger partial charge in [0.2, 0.25) is 0 Å². The minimum Gasteiger partial charge on any atom is -0.508 e. The maximum Gasteiger partial charge on any atom is 0.123 e. The van der Waals surface area contributed by atoms with Gasteiger partial charge in [0, 0.05) is 24.6 Å². The first-order chi connectivity index (χ1) is 10.7. The Labute approximate surface area is 136 Å². The summed E-state index contributed by atoms with van der Waals surface area (Å²) < 4.78 is 6.09. The lowest BCUT2D eigenvalue weighted by molar-refractivity contribution is 0.201. The summed E-state index contributed by atoms with van der Waals surface area (Å²) in [5.74, 6) is 1.56. The standard InChI is InChI=1S/C18H23NO2S/c1-3-9-19(18-6-5-10-22-18)12-15-14-11-13(20)7-8-17(14)21-16(15)4-2/h5-8,10-11,15-16,20H,3-4,9,12H2,1-2H3. The number of ether oxygens (including phenoxy) is 1. The van der Waals surface area contributed by atoms with Crippen LogP contribution in [0.5, 0.6) is 11.5 Å². The fourth-order valence-electron chi connectivity index (χ4n) is 3.21. The molecule has 0 bridgehead atoms. The van der Waals surface area contributed by atoms with Crippen molar-refractivity contribution in [2.24, 2.45) is 0 Å². The van der Waals surface area contributed by atoms with Gasteiger partial charge in [-0.2, -0.15) is 0 Å². The molecule has 2 aromatic rings. The van der Waals surface area contributed by atoms with Crippen molar-refractivity contribution >= 4 is 16.3 Å². The van der Waals surface area contributed by atoms with E-state index >= 15 is 0 Å². The van der Waals surface area contributed by atoms with Crippen molar-refractivity contribution in [2.45, 2.75) is 38.7 Å². The normalized spacial score (nSPS) is 19.7. The molecule has 1 aliphatic heterocycles. The van der Waals surface area contributed by atoms with Crippen LogP contribution in [0.1, 0.15) is 38.2 Å². The average Bonchev–Trinajstić information content (AvgIpc) is 3.15. The number of fused-ring (bicyclic) bond motifs is 1. The van der Waals surface area contributed by atoms with Crippen LogP contribution >= 0.6 is 11.3 Å². The monoisotopic (exact) mass is 317 g/mol. The summed E-state index contributed by atoms with van der Waals surface area (Å²) >= 11 is 1.78. The Kier molecular flexibility index (Phi) is 4.57. The minimum absolute atomic E-state index is 0.191. The van der Waals surface area contributed by atoms with Gasteiger partial charge in [-0.1, -0.05) is 13.8 Å². The van der Waals surface area contributed by atoms with Crippen molar-refractivity contribution in [3.05, 3.63) is 41.3 Å². The topological polar surface area (TPSA) is 32.7 Å². The number of phenolic OH excluding ortho intramolecular Hbond substituents is 1. The number of hydrogen-bond donors (Lipinski definition) is 1. The number of hydrogen-bond acceptors (Lipinski definition) is 4. The van der Waals surface area contributed by atoms with Gasteiger partial charge < -0.3 is 14.7 Å². The summed E-state index contributed by atoms with van der Waals surface area (Å²) in [4.78, 5) is 2.44. The fraction of sp³-hybridized carbons (Fsp3) is 0.444. The number of anilines is 1. The third kappa shape index (κ3) is 2.93. The van der Waals surface area contributed by atoms with E-state index in [0.29, 0.717) is 11.7 Å². The Morgan fingerprint density at radius 1 is 1.27 bits per heavy atom. The molecule has 0 fully saturated rings. The zero-order chi connectivity index (χ0) is 15.5. The second-order valence-electron chi connectivity index (χ2n) is 5.79. The SMILES string of the molecule is CCCN(CC1c2cc(O)ccc2OC1CC)c1cccs1. The van der Waals surface area contributed by atoms with Crippen LogP contribution in [0.2, 0.25) is 0 Å². The molecule has 0 radical (unpaired) electrons. The van der Waals surface area contributed by atoms with Crippen molar-refractivity contribution in [2.75, 3.05) is 18.0 Å². The van der Waals surface area contributed by atoms with Gasteiger partial charge in [-0.3, -0.25) is 0 Å². The average molecular weight is 317 g/mol. The lowest BCUT2D eigenvalue weighted by Crippen LogP contribution is -2.33. The molecule has 22 heavy (non-hydrogen) atoms. The van der Waals surface area contributed by atoms with Gasteiger partial charge in [0.05, 0.1) is 5.00 Å². The van der Waals surface area contributed by atoms with Crippen molar-refractivity contribution in [1.82, 2.24) is 0 Å². The second kappa shape index (κ2) is 6.61. The van der Waals surface area contributed by atoms with Gasteiger partial charge in [-0.05, 0) is 48.6 Å². The molecular weight excluding hydrogens is 294 g/mol. The first-order valence-electron chi connectivity index (χ1n) is 8.01. The maximum absolute atomic E-state index is 9.83. The van der Waals surface area contributed by atoms with E-state index in [9.17, 15) is 5.11 Å². The van der Waals surface area contributed by atoms with Crippen molar-refractivity contribution in [3.63, 3.8) is 0 Å². The molecular formula is C18H23NO2S. The largest absolute Gasteiger partial charge is 0.508 e. The van der Waals surface area contributed by atoms with E-state index in [1.165, 1.54) is 5.00 Å². The van der Waals surface area contributed by atoms with Crippen LogP contribution in [0.3, 0.4) is 0 Å². The summed E-state index contributed by atoms with van der Waals surface area (Å²) in [6, 6.07) is 9.75. The van der Waals surface area contributed by atoms with E-state index in [0.717, 1.165) is 37.2 Å². The summed E-state index contributed by atoms with van der Waals surface area (Å²) in [5.41, 5.74) is 1.14. The van der Waals surface area contributed by atoms with Crippen molar-refractivity contribution in [3.8, 4) is 11.5 Å².